The Kier molecular flexibility index (Phi) is 4.77. The van der Waals surface area contributed by atoms with Crippen molar-refractivity contribution >= 4 is 13.3 Å². The highest BCUT2D eigenvalue weighted by Crippen LogP contribution is 2.24. The topological polar surface area (TPSA) is 29.5 Å². The maximum absolute atomic E-state index is 10.3. The number of ether oxygens (including phenoxy) is 1. The molecule has 0 amide bonds. The average Bonchev–Trinajstić information content (AvgIpc) is 2.27. The van der Waals surface area contributed by atoms with Gasteiger partial charge in [0.2, 0.25) is 0 Å². The van der Waals surface area contributed by atoms with E-state index in [1.807, 2.05) is 18.2 Å². The quantitative estimate of drug-likeness (QED) is 0.816. The van der Waals surface area contributed by atoms with Crippen LogP contribution in [0.5, 0.6) is 5.75 Å². The van der Waals surface area contributed by atoms with Crippen molar-refractivity contribution in [1.29, 1.82) is 0 Å². The molecule has 1 aromatic rings. The molecular formula is C14H24O2Si. The van der Waals surface area contributed by atoms with Crippen molar-refractivity contribution in [2.45, 2.75) is 45.5 Å². The number of aliphatic hydroxyl groups is 1. The summed E-state index contributed by atoms with van der Waals surface area (Å²) in [6.07, 6.45) is 1.44. The first kappa shape index (κ1) is 14.3. The Morgan fingerprint density at radius 2 is 1.94 bits per heavy atom. The van der Waals surface area contributed by atoms with Gasteiger partial charge in [0.1, 0.15) is 5.75 Å². The molecule has 1 atom stereocenters. The molecule has 17 heavy (non-hydrogen) atoms. The second-order valence-corrected chi connectivity index (χ2v) is 10.5. The molecule has 1 aromatic carbocycles. The molecule has 0 saturated carbocycles. The highest BCUT2D eigenvalue weighted by molar-refractivity contribution is 6.89. The van der Waals surface area contributed by atoms with Crippen molar-refractivity contribution in [2.75, 3.05) is 7.11 Å². The van der Waals surface area contributed by atoms with Gasteiger partial charge in [0.25, 0.3) is 0 Å². The molecule has 3 heteroatoms. The zero-order chi connectivity index (χ0) is 13.1. The van der Waals surface area contributed by atoms with Gasteiger partial charge >= 0.3 is 0 Å². The minimum atomic E-state index is -1.52. The van der Waals surface area contributed by atoms with Crippen LogP contribution in [-0.2, 0) is 0 Å². The summed E-state index contributed by atoms with van der Waals surface area (Å²) < 4.78 is 5.46. The molecule has 0 aliphatic heterocycles. The fourth-order valence-electron chi connectivity index (χ4n) is 2.23. The van der Waals surface area contributed by atoms with E-state index < -0.39 is 8.07 Å². The molecule has 1 rings (SSSR count). The van der Waals surface area contributed by atoms with Crippen LogP contribution < -0.4 is 9.92 Å². The minimum Gasteiger partial charge on any atom is -0.497 e. The third kappa shape index (κ3) is 3.33. The summed E-state index contributed by atoms with van der Waals surface area (Å²) in [5.41, 5.74) is 1.06. The van der Waals surface area contributed by atoms with Crippen LogP contribution in [0.15, 0.2) is 18.2 Å². The van der Waals surface area contributed by atoms with Crippen molar-refractivity contribution in [2.24, 2.45) is 0 Å². The van der Waals surface area contributed by atoms with Crippen LogP contribution in [0.25, 0.3) is 0 Å². The number of aliphatic hydroxyl groups excluding tert-OH is 1. The van der Waals surface area contributed by atoms with Crippen LogP contribution >= 0.6 is 0 Å². The first-order valence-corrected chi connectivity index (χ1v) is 9.77. The summed E-state index contributed by atoms with van der Waals surface area (Å²) in [5, 5.41) is 11.5. The van der Waals surface area contributed by atoms with Gasteiger partial charge in [-0.1, -0.05) is 45.1 Å². The Morgan fingerprint density at radius 3 is 2.41 bits per heavy atom. The molecular weight excluding hydrogens is 228 g/mol. The van der Waals surface area contributed by atoms with Crippen LogP contribution in [0.4, 0.5) is 0 Å². The molecule has 0 saturated heterocycles. The summed E-state index contributed by atoms with van der Waals surface area (Å²) >= 11 is 0. The molecule has 0 heterocycles. The number of hydrogen-bond acceptors (Lipinski definition) is 2. The minimum absolute atomic E-state index is 0.364. The Hall–Kier alpha value is -0.803. The van der Waals surface area contributed by atoms with E-state index in [0.29, 0.717) is 0 Å². The molecule has 0 fully saturated rings. The summed E-state index contributed by atoms with van der Waals surface area (Å²) in [6.45, 7) is 8.95. The molecule has 0 aliphatic rings. The van der Waals surface area contributed by atoms with E-state index in [4.69, 9.17) is 4.74 Å². The molecule has 0 radical (unpaired) electrons. The summed E-state index contributed by atoms with van der Waals surface area (Å²) in [4.78, 5) is 0. The number of rotatable bonds is 5. The zero-order valence-electron chi connectivity index (χ0n) is 11.6. The van der Waals surface area contributed by atoms with E-state index in [0.717, 1.165) is 24.2 Å². The molecule has 2 nitrogen and oxygen atoms in total. The smallest absolute Gasteiger partial charge is 0.118 e. The van der Waals surface area contributed by atoms with E-state index in [1.54, 1.807) is 7.11 Å². The van der Waals surface area contributed by atoms with Gasteiger partial charge in [-0.05, 0) is 23.2 Å². The highest BCUT2D eigenvalue weighted by Gasteiger charge is 2.26. The summed E-state index contributed by atoms with van der Waals surface area (Å²) in [6, 6.07) is 6.00. The average molecular weight is 252 g/mol. The van der Waals surface area contributed by atoms with Gasteiger partial charge in [-0.2, -0.15) is 0 Å². The molecule has 96 valence electrons. The van der Waals surface area contributed by atoms with Gasteiger partial charge in [0, 0.05) is 0 Å². The normalized spacial score (nSPS) is 13.5. The van der Waals surface area contributed by atoms with Gasteiger partial charge in [-0.3, -0.25) is 0 Å². The fraction of sp³-hybridized carbons (Fsp3) is 0.571. The van der Waals surface area contributed by atoms with Crippen molar-refractivity contribution < 1.29 is 9.84 Å². The van der Waals surface area contributed by atoms with Gasteiger partial charge in [-0.15, -0.1) is 0 Å². The fourth-order valence-corrected chi connectivity index (χ4v) is 4.27. The monoisotopic (exact) mass is 252 g/mol. The Balaban J connectivity index is 3.29. The van der Waals surface area contributed by atoms with Gasteiger partial charge in [0.15, 0.2) is 0 Å². The first-order valence-electron chi connectivity index (χ1n) is 6.27. The van der Waals surface area contributed by atoms with Gasteiger partial charge in [0.05, 0.1) is 21.3 Å². The lowest BCUT2D eigenvalue weighted by Gasteiger charge is -2.26. The number of benzene rings is 1. The van der Waals surface area contributed by atoms with Crippen LogP contribution in [0, 0.1) is 0 Å². The molecule has 1 unspecified atom stereocenters. The summed E-state index contributed by atoms with van der Waals surface area (Å²) in [7, 11) is 0.183. The predicted molar refractivity (Wildman–Crippen MR) is 75.8 cm³/mol. The Labute approximate surface area is 106 Å². The van der Waals surface area contributed by atoms with Crippen molar-refractivity contribution in [1.82, 2.24) is 0 Å². The number of methoxy groups -OCH3 is 1. The summed E-state index contributed by atoms with van der Waals surface area (Å²) in [5.74, 6) is 0.928. The second kappa shape index (κ2) is 5.69. The highest BCUT2D eigenvalue weighted by atomic mass is 28.3. The molecule has 1 N–H and O–H groups in total. The van der Waals surface area contributed by atoms with E-state index in [-0.39, 0.29) is 6.10 Å². The molecule has 0 aliphatic carbocycles. The van der Waals surface area contributed by atoms with Crippen LogP contribution in [0.2, 0.25) is 19.6 Å². The lowest BCUT2D eigenvalue weighted by molar-refractivity contribution is 0.167. The van der Waals surface area contributed by atoms with Gasteiger partial charge < -0.3 is 9.84 Å². The SMILES string of the molecule is CCCC(O)c1cccc(OC)c1[Si](C)(C)C. The standard InChI is InChI=1S/C14H24O2Si/c1-6-8-12(15)11-9-7-10-13(16-2)14(11)17(3,4)5/h7,9-10,12,15H,6,8H2,1-5H3. The van der Waals surface area contributed by atoms with E-state index in [9.17, 15) is 5.11 Å². The van der Waals surface area contributed by atoms with E-state index in [2.05, 4.69) is 26.6 Å². The first-order chi connectivity index (χ1) is 7.91. The van der Waals surface area contributed by atoms with E-state index >= 15 is 0 Å². The third-order valence-corrected chi connectivity index (χ3v) is 4.98. The molecule has 0 aromatic heterocycles. The zero-order valence-corrected chi connectivity index (χ0v) is 12.6. The van der Waals surface area contributed by atoms with Crippen molar-refractivity contribution in [3.63, 3.8) is 0 Å². The molecule has 0 bridgehead atoms. The maximum atomic E-state index is 10.3. The van der Waals surface area contributed by atoms with Crippen LogP contribution in [0.3, 0.4) is 0 Å². The number of hydrogen-bond donors (Lipinski definition) is 1. The largest absolute Gasteiger partial charge is 0.497 e. The Bertz CT molecular complexity index is 369. The lowest BCUT2D eigenvalue weighted by Crippen LogP contribution is -2.41. The maximum Gasteiger partial charge on any atom is 0.118 e. The Morgan fingerprint density at radius 1 is 1.29 bits per heavy atom. The van der Waals surface area contributed by atoms with Crippen LogP contribution in [-0.4, -0.2) is 20.3 Å². The van der Waals surface area contributed by atoms with Crippen molar-refractivity contribution in [3.05, 3.63) is 23.8 Å². The predicted octanol–water partition coefficient (Wildman–Crippen LogP) is 3.07. The third-order valence-electron chi connectivity index (χ3n) is 2.95. The van der Waals surface area contributed by atoms with Crippen molar-refractivity contribution in [3.8, 4) is 5.75 Å². The lowest BCUT2D eigenvalue weighted by atomic mass is 10.0. The van der Waals surface area contributed by atoms with Crippen LogP contribution in [0.1, 0.15) is 31.4 Å². The van der Waals surface area contributed by atoms with E-state index in [1.165, 1.54) is 5.19 Å². The second-order valence-electron chi connectivity index (χ2n) is 5.48. The van der Waals surface area contributed by atoms with Gasteiger partial charge in [-0.25, -0.2) is 0 Å². The molecule has 0 spiro atoms.